The van der Waals surface area contributed by atoms with Crippen molar-refractivity contribution in [3.05, 3.63) is 59.7 Å². The minimum Gasteiger partial charge on any atom is -0.508 e. The molecule has 2 aromatic carbocycles. The van der Waals surface area contributed by atoms with Crippen molar-refractivity contribution in [2.24, 2.45) is 0 Å². The summed E-state index contributed by atoms with van der Waals surface area (Å²) < 4.78 is 37.5. The molecule has 2 aliphatic heterocycles. The summed E-state index contributed by atoms with van der Waals surface area (Å²) in [5, 5.41) is 10.6. The Morgan fingerprint density at radius 3 is 2.38 bits per heavy atom. The quantitative estimate of drug-likeness (QED) is 0.723. The van der Waals surface area contributed by atoms with Gasteiger partial charge in [-0.05, 0) is 43.6 Å². The van der Waals surface area contributed by atoms with Crippen molar-refractivity contribution in [2.75, 3.05) is 24.5 Å². The topological polar surface area (TPSA) is 60.9 Å². The number of piperidine rings is 1. The molecule has 4 rings (SSSR count). The van der Waals surface area contributed by atoms with E-state index >= 15 is 0 Å². The van der Waals surface area contributed by atoms with Crippen LogP contribution in [0.5, 0.6) is 5.75 Å². The molecule has 5 nitrogen and oxygen atoms in total. The fraction of sp³-hybridized carbons (Fsp3) is 0.417. The third-order valence-corrected chi connectivity index (χ3v) is 6.42. The number of anilines is 1. The molecule has 2 aromatic rings. The van der Waals surface area contributed by atoms with E-state index in [9.17, 15) is 27.9 Å². The van der Waals surface area contributed by atoms with Gasteiger partial charge in [-0.2, -0.15) is 13.2 Å². The Hall–Kier alpha value is -2.87. The van der Waals surface area contributed by atoms with Crippen LogP contribution in [-0.2, 0) is 21.5 Å². The van der Waals surface area contributed by atoms with Crippen LogP contribution in [0.25, 0.3) is 0 Å². The highest BCUT2D eigenvalue weighted by atomic mass is 19.4. The highest BCUT2D eigenvalue weighted by molar-refractivity contribution is 6.11. The maximum Gasteiger partial charge on any atom is 0.389 e. The van der Waals surface area contributed by atoms with Gasteiger partial charge in [-0.25, -0.2) is 0 Å². The smallest absolute Gasteiger partial charge is 0.389 e. The summed E-state index contributed by atoms with van der Waals surface area (Å²) in [5.74, 6) is -0.977. The molecule has 1 saturated heterocycles. The predicted octanol–water partition coefficient (Wildman–Crippen LogP) is 4.18. The Morgan fingerprint density at radius 1 is 1.03 bits per heavy atom. The van der Waals surface area contributed by atoms with Crippen molar-refractivity contribution in [1.29, 1.82) is 0 Å². The summed E-state index contributed by atoms with van der Waals surface area (Å²) in [5.41, 5.74) is 1.12. The molecule has 2 aliphatic rings. The minimum atomic E-state index is -4.42. The molecule has 1 N–H and O–H groups in total. The number of aromatic hydroxyl groups is 1. The van der Waals surface area contributed by atoms with E-state index < -0.39 is 36.8 Å². The fourth-order valence-corrected chi connectivity index (χ4v) is 4.81. The second kappa shape index (κ2) is 8.58. The molecule has 0 bridgehead atoms. The van der Waals surface area contributed by atoms with Crippen LogP contribution in [0.1, 0.15) is 36.8 Å². The number of phenols is 1. The number of phenolic OH excluding ortho intramolecular Hbond substituents is 1. The second-order valence-electron chi connectivity index (χ2n) is 8.56. The summed E-state index contributed by atoms with van der Waals surface area (Å²) in [6.07, 6.45) is -5.36. The number of alkyl halides is 3. The number of Topliss-reactive ketones (excluding diaryl/α,β-unsaturated/α-hetero) is 1. The molecule has 1 fully saturated rings. The Bertz CT molecular complexity index is 999. The van der Waals surface area contributed by atoms with Crippen LogP contribution in [0.4, 0.5) is 18.9 Å². The first-order chi connectivity index (χ1) is 15.2. The van der Waals surface area contributed by atoms with Crippen LogP contribution in [0, 0.1) is 0 Å². The van der Waals surface area contributed by atoms with Crippen LogP contribution in [0.15, 0.2) is 48.5 Å². The predicted molar refractivity (Wildman–Crippen MR) is 113 cm³/mol. The molecule has 1 spiro atoms. The maximum atomic E-state index is 13.5. The second-order valence-corrected chi connectivity index (χ2v) is 8.56. The number of ketones is 1. The third-order valence-electron chi connectivity index (χ3n) is 6.42. The largest absolute Gasteiger partial charge is 0.508 e. The molecule has 170 valence electrons. The van der Waals surface area contributed by atoms with Crippen molar-refractivity contribution in [3.63, 3.8) is 0 Å². The summed E-state index contributed by atoms with van der Waals surface area (Å²) in [6.45, 7) is 1.59. The van der Waals surface area contributed by atoms with Gasteiger partial charge in [-0.1, -0.05) is 36.4 Å². The summed E-state index contributed by atoms with van der Waals surface area (Å²) in [7, 11) is 0. The number of likely N-dealkylation sites (tertiary alicyclic amines) is 1. The number of fused-ring (bicyclic) bond motifs is 2. The zero-order valence-electron chi connectivity index (χ0n) is 17.6. The number of amides is 1. The monoisotopic (exact) mass is 446 g/mol. The van der Waals surface area contributed by atoms with E-state index in [4.69, 9.17) is 0 Å². The standard InChI is InChI=1S/C24H25F3N2O3/c25-24(26,27)10-9-18(30)16-29-19-7-4-8-20(31)21(19)23(22(29)32)11-13-28(14-12-23)15-17-5-2-1-3-6-17/h1-8,31H,9-16H2. The van der Waals surface area contributed by atoms with Gasteiger partial charge in [0.2, 0.25) is 5.91 Å². The number of carbonyl (C=O) groups is 2. The fourth-order valence-electron chi connectivity index (χ4n) is 4.81. The number of hydrogen-bond donors (Lipinski definition) is 1. The maximum absolute atomic E-state index is 13.5. The van der Waals surface area contributed by atoms with Gasteiger partial charge in [0.25, 0.3) is 0 Å². The molecule has 0 unspecified atom stereocenters. The zero-order valence-corrected chi connectivity index (χ0v) is 17.6. The van der Waals surface area contributed by atoms with Crippen molar-refractivity contribution in [3.8, 4) is 5.75 Å². The van der Waals surface area contributed by atoms with Gasteiger partial charge in [0, 0.05) is 18.5 Å². The molecule has 0 radical (unpaired) electrons. The van der Waals surface area contributed by atoms with Crippen LogP contribution in [0.2, 0.25) is 0 Å². The summed E-state index contributed by atoms with van der Waals surface area (Å²) in [4.78, 5) is 29.3. The number of halogens is 3. The van der Waals surface area contributed by atoms with Crippen molar-refractivity contribution in [1.82, 2.24) is 4.90 Å². The number of hydrogen-bond acceptors (Lipinski definition) is 4. The first kappa shape index (κ1) is 22.3. The lowest BCUT2D eigenvalue weighted by molar-refractivity contribution is -0.142. The van der Waals surface area contributed by atoms with Crippen LogP contribution in [-0.4, -0.2) is 47.5 Å². The van der Waals surface area contributed by atoms with Crippen LogP contribution < -0.4 is 4.90 Å². The van der Waals surface area contributed by atoms with Gasteiger partial charge >= 0.3 is 6.18 Å². The first-order valence-electron chi connectivity index (χ1n) is 10.7. The number of benzene rings is 2. The van der Waals surface area contributed by atoms with Gasteiger partial charge in [0.15, 0.2) is 5.78 Å². The van der Waals surface area contributed by atoms with E-state index in [1.807, 2.05) is 30.3 Å². The number of rotatable bonds is 6. The van der Waals surface area contributed by atoms with E-state index in [0.29, 0.717) is 37.2 Å². The molecule has 1 amide bonds. The average Bonchev–Trinajstić information content (AvgIpc) is 2.98. The van der Waals surface area contributed by atoms with Gasteiger partial charge in [0.1, 0.15) is 5.75 Å². The third kappa shape index (κ3) is 4.37. The highest BCUT2D eigenvalue weighted by Gasteiger charge is 2.53. The van der Waals surface area contributed by atoms with E-state index in [0.717, 1.165) is 6.54 Å². The van der Waals surface area contributed by atoms with Gasteiger partial charge in [0.05, 0.1) is 24.1 Å². The first-order valence-corrected chi connectivity index (χ1v) is 10.7. The molecule has 8 heteroatoms. The van der Waals surface area contributed by atoms with Gasteiger partial charge in [-0.3, -0.25) is 14.5 Å². The lowest BCUT2D eigenvalue weighted by Gasteiger charge is -2.38. The highest BCUT2D eigenvalue weighted by Crippen LogP contribution is 2.51. The SMILES string of the molecule is O=C(CCC(F)(F)F)CN1C(=O)C2(CCN(Cc3ccccc3)CC2)c2c(O)cccc21. The minimum absolute atomic E-state index is 0.0161. The van der Waals surface area contributed by atoms with E-state index in [1.165, 1.54) is 16.5 Å². The normalized spacial score (nSPS) is 18.2. The Kier molecular flexibility index (Phi) is 5.99. The summed E-state index contributed by atoms with van der Waals surface area (Å²) in [6, 6.07) is 14.7. The summed E-state index contributed by atoms with van der Waals surface area (Å²) >= 11 is 0. The van der Waals surface area contributed by atoms with Gasteiger partial charge < -0.3 is 10.0 Å². The van der Waals surface area contributed by atoms with Crippen LogP contribution in [0.3, 0.4) is 0 Å². The molecule has 32 heavy (non-hydrogen) atoms. The number of carbonyl (C=O) groups excluding carboxylic acids is 2. The van der Waals surface area contributed by atoms with Crippen molar-refractivity contribution >= 4 is 17.4 Å². The lowest BCUT2D eigenvalue weighted by Crippen LogP contribution is -2.49. The zero-order chi connectivity index (χ0) is 22.9. The Labute approximate surface area is 184 Å². The van der Waals surface area contributed by atoms with Crippen molar-refractivity contribution < 1.29 is 27.9 Å². The molecular weight excluding hydrogens is 421 g/mol. The molecule has 0 aliphatic carbocycles. The number of nitrogens with zero attached hydrogens (tertiary/aromatic N) is 2. The van der Waals surface area contributed by atoms with Crippen molar-refractivity contribution in [2.45, 2.75) is 43.8 Å². The van der Waals surface area contributed by atoms with E-state index in [2.05, 4.69) is 4.90 Å². The Balaban J connectivity index is 1.52. The molecule has 0 atom stereocenters. The lowest BCUT2D eigenvalue weighted by atomic mass is 9.73. The molecular formula is C24H25F3N2O3. The van der Waals surface area contributed by atoms with Gasteiger partial charge in [-0.15, -0.1) is 0 Å². The Morgan fingerprint density at radius 2 is 1.72 bits per heavy atom. The molecule has 0 aromatic heterocycles. The van der Waals surface area contributed by atoms with Crippen LogP contribution >= 0.6 is 0 Å². The molecule has 2 heterocycles. The van der Waals surface area contributed by atoms with E-state index in [1.54, 1.807) is 12.1 Å². The van der Waals surface area contributed by atoms with E-state index in [-0.39, 0.29) is 11.7 Å². The molecule has 0 saturated carbocycles. The average molecular weight is 446 g/mol.